The van der Waals surface area contributed by atoms with Gasteiger partial charge in [0.1, 0.15) is 11.1 Å². The van der Waals surface area contributed by atoms with Gasteiger partial charge in [-0.15, -0.1) is 11.8 Å². The fourth-order valence-corrected chi connectivity index (χ4v) is 5.37. The van der Waals surface area contributed by atoms with E-state index in [9.17, 15) is 4.79 Å². The van der Waals surface area contributed by atoms with E-state index in [-0.39, 0.29) is 17.2 Å². The fourth-order valence-electron chi connectivity index (χ4n) is 4.09. The van der Waals surface area contributed by atoms with Gasteiger partial charge in [0.15, 0.2) is 5.84 Å². The van der Waals surface area contributed by atoms with Crippen LogP contribution in [-0.2, 0) is 11.2 Å². The molecule has 0 bridgehead atoms. The second kappa shape index (κ2) is 5.14. The molecule has 1 aromatic heterocycles. The largest absolute Gasteiger partial charge is 0.497 e. The molecule has 6 heteroatoms. The van der Waals surface area contributed by atoms with Crippen molar-refractivity contribution in [1.29, 1.82) is 0 Å². The number of methoxy groups -OCH3 is 1. The number of H-pyrrole nitrogens is 1. The molecule has 0 fully saturated rings. The summed E-state index contributed by atoms with van der Waals surface area (Å²) in [6.45, 7) is 4.84. The van der Waals surface area contributed by atoms with Gasteiger partial charge in [-0.2, -0.15) is 0 Å². The number of nitrogens with one attached hydrogen (secondary N) is 1. The first-order valence-corrected chi connectivity index (χ1v) is 9.38. The van der Waals surface area contributed by atoms with E-state index in [1.54, 1.807) is 18.9 Å². The lowest BCUT2D eigenvalue weighted by Gasteiger charge is -2.36. The molecule has 2 aromatic rings. The number of nitrogens with zero attached hydrogens (tertiary/aromatic N) is 2. The second-order valence-corrected chi connectivity index (χ2v) is 8.14. The van der Waals surface area contributed by atoms with Crippen LogP contribution >= 0.6 is 11.8 Å². The lowest BCUT2D eigenvalue weighted by molar-refractivity contribution is -0.131. The number of benzene rings is 1. The van der Waals surface area contributed by atoms with Crippen LogP contribution in [0.5, 0.6) is 5.75 Å². The third kappa shape index (κ3) is 1.97. The SMILES string of the molecule is COc1ccc2[nH]c3c(c2c1)CCN1C(=O)[C@@H]2C(C)=C(C)S[C@@H]2N=C31. The molecule has 0 spiro atoms. The average molecular weight is 353 g/mol. The molecule has 0 saturated heterocycles. The Balaban J connectivity index is 1.67. The molecule has 25 heavy (non-hydrogen) atoms. The van der Waals surface area contributed by atoms with E-state index >= 15 is 0 Å². The van der Waals surface area contributed by atoms with Gasteiger partial charge in [0.2, 0.25) is 5.91 Å². The van der Waals surface area contributed by atoms with Crippen LogP contribution in [0.15, 0.2) is 33.7 Å². The van der Waals surface area contributed by atoms with E-state index in [0.29, 0.717) is 6.54 Å². The van der Waals surface area contributed by atoms with Crippen molar-refractivity contribution in [3.63, 3.8) is 0 Å². The second-order valence-electron chi connectivity index (χ2n) is 6.81. The van der Waals surface area contributed by atoms with Crippen molar-refractivity contribution in [3.05, 3.63) is 39.9 Å². The smallest absolute Gasteiger partial charge is 0.238 e. The topological polar surface area (TPSA) is 57.7 Å². The van der Waals surface area contributed by atoms with Gasteiger partial charge >= 0.3 is 0 Å². The van der Waals surface area contributed by atoms with Gasteiger partial charge in [-0.1, -0.05) is 0 Å². The summed E-state index contributed by atoms with van der Waals surface area (Å²) in [5, 5.41) is 1.14. The van der Waals surface area contributed by atoms with Crippen LogP contribution < -0.4 is 4.74 Å². The molecule has 4 heterocycles. The summed E-state index contributed by atoms with van der Waals surface area (Å²) in [6, 6.07) is 6.05. The number of hydrogen-bond acceptors (Lipinski definition) is 4. The van der Waals surface area contributed by atoms with Crippen molar-refractivity contribution in [2.45, 2.75) is 25.6 Å². The number of aromatic amines is 1. The number of hydrogen-bond donors (Lipinski definition) is 1. The number of rotatable bonds is 1. The Labute approximate surface area is 150 Å². The highest BCUT2D eigenvalue weighted by Crippen LogP contribution is 2.46. The lowest BCUT2D eigenvalue weighted by atomic mass is 9.94. The molecule has 1 N–H and O–H groups in total. The number of thioether (sulfide) groups is 1. The van der Waals surface area contributed by atoms with E-state index in [1.165, 1.54) is 16.0 Å². The van der Waals surface area contributed by atoms with E-state index in [1.807, 2.05) is 17.0 Å². The maximum atomic E-state index is 13.1. The molecule has 5 rings (SSSR count). The molecule has 5 nitrogen and oxygen atoms in total. The number of ether oxygens (including phenoxy) is 1. The highest BCUT2D eigenvalue weighted by Gasteiger charge is 2.46. The van der Waals surface area contributed by atoms with Crippen LogP contribution in [0.1, 0.15) is 25.1 Å². The van der Waals surface area contributed by atoms with Gasteiger partial charge in [0.25, 0.3) is 0 Å². The zero-order valence-corrected chi connectivity index (χ0v) is 15.2. The molecule has 3 aliphatic heterocycles. The van der Waals surface area contributed by atoms with Crippen LogP contribution in [0, 0.1) is 5.92 Å². The van der Waals surface area contributed by atoms with Crippen molar-refractivity contribution >= 4 is 34.4 Å². The van der Waals surface area contributed by atoms with Crippen LogP contribution in [-0.4, -0.2) is 40.7 Å². The summed E-state index contributed by atoms with van der Waals surface area (Å²) in [5.74, 6) is 1.75. The molecule has 0 radical (unpaired) electrons. The summed E-state index contributed by atoms with van der Waals surface area (Å²) in [5.41, 5.74) is 4.47. The van der Waals surface area contributed by atoms with Crippen molar-refractivity contribution in [1.82, 2.24) is 9.88 Å². The Morgan fingerprint density at radius 1 is 1.36 bits per heavy atom. The van der Waals surface area contributed by atoms with E-state index in [0.717, 1.165) is 34.6 Å². The maximum absolute atomic E-state index is 13.1. The third-order valence-electron chi connectivity index (χ3n) is 5.56. The molecule has 1 aromatic carbocycles. The molecule has 2 atom stereocenters. The highest BCUT2D eigenvalue weighted by atomic mass is 32.2. The normalized spacial score (nSPS) is 25.0. The number of carbonyl (C=O) groups is 1. The molecule has 3 aliphatic rings. The van der Waals surface area contributed by atoms with Gasteiger partial charge in [-0.25, -0.2) is 0 Å². The Morgan fingerprint density at radius 3 is 3.00 bits per heavy atom. The van der Waals surface area contributed by atoms with Crippen LogP contribution in [0.3, 0.4) is 0 Å². The molecule has 1 amide bonds. The summed E-state index contributed by atoms with van der Waals surface area (Å²) in [4.78, 5) is 24.7. The predicted molar refractivity (Wildman–Crippen MR) is 100 cm³/mol. The first kappa shape index (κ1) is 15.1. The minimum absolute atomic E-state index is 0.0225. The highest BCUT2D eigenvalue weighted by molar-refractivity contribution is 8.04. The van der Waals surface area contributed by atoms with Crippen LogP contribution in [0.2, 0.25) is 0 Å². The number of amidine groups is 1. The first-order valence-electron chi connectivity index (χ1n) is 8.50. The van der Waals surface area contributed by atoms with Crippen molar-refractivity contribution in [3.8, 4) is 5.75 Å². The molecule has 0 aliphatic carbocycles. The first-order chi connectivity index (χ1) is 12.1. The maximum Gasteiger partial charge on any atom is 0.238 e. The zero-order chi connectivity index (χ0) is 17.3. The monoisotopic (exact) mass is 353 g/mol. The summed E-state index contributed by atoms with van der Waals surface area (Å²) < 4.78 is 5.37. The minimum Gasteiger partial charge on any atom is -0.497 e. The van der Waals surface area contributed by atoms with Crippen LogP contribution in [0.4, 0.5) is 0 Å². The quantitative estimate of drug-likeness (QED) is 0.856. The number of carbonyl (C=O) groups excluding carboxylic acids is 1. The summed E-state index contributed by atoms with van der Waals surface area (Å²) >= 11 is 1.72. The van der Waals surface area contributed by atoms with Gasteiger partial charge in [-0.05, 0) is 54.5 Å². The van der Waals surface area contributed by atoms with Gasteiger partial charge in [0, 0.05) is 17.4 Å². The Kier molecular flexibility index (Phi) is 3.10. The lowest BCUT2D eigenvalue weighted by Crippen LogP contribution is -2.50. The van der Waals surface area contributed by atoms with Gasteiger partial charge in [-0.3, -0.25) is 14.7 Å². The Morgan fingerprint density at radius 2 is 2.20 bits per heavy atom. The average Bonchev–Trinajstić information content (AvgIpc) is 3.12. The number of allylic oxidation sites excluding steroid dienone is 1. The molecule has 128 valence electrons. The van der Waals surface area contributed by atoms with Crippen molar-refractivity contribution < 1.29 is 9.53 Å². The zero-order valence-electron chi connectivity index (χ0n) is 14.4. The standard InChI is InChI=1S/C19H19N3O2S/c1-9-10(2)25-18-15(9)19(23)22-7-6-12-13-8-11(24-3)4-5-14(13)20-16(12)17(22)21-18/h4-5,8,15,18,20H,6-7H2,1-3H3/t15-,18+/m1/s1. The fraction of sp³-hybridized carbons (Fsp3) is 0.368. The van der Waals surface area contributed by atoms with E-state index in [4.69, 9.17) is 9.73 Å². The Bertz CT molecular complexity index is 988. The molecular weight excluding hydrogens is 334 g/mol. The number of aromatic nitrogens is 1. The minimum atomic E-state index is -0.0974. The predicted octanol–water partition coefficient (Wildman–Crippen LogP) is 3.30. The van der Waals surface area contributed by atoms with Gasteiger partial charge < -0.3 is 9.72 Å². The molecule has 0 unspecified atom stereocenters. The van der Waals surface area contributed by atoms with Gasteiger partial charge in [0.05, 0.1) is 18.7 Å². The summed E-state index contributed by atoms with van der Waals surface area (Å²) in [7, 11) is 1.68. The van der Waals surface area contributed by atoms with Crippen molar-refractivity contribution in [2.24, 2.45) is 10.9 Å². The van der Waals surface area contributed by atoms with Crippen molar-refractivity contribution in [2.75, 3.05) is 13.7 Å². The molecular formula is C19H19N3O2S. The number of aliphatic imine (C=N–C) groups is 1. The van der Waals surface area contributed by atoms with Crippen LogP contribution in [0.25, 0.3) is 10.9 Å². The number of fused-ring (bicyclic) bond motifs is 6. The number of amides is 1. The third-order valence-corrected chi connectivity index (χ3v) is 6.86. The van der Waals surface area contributed by atoms with E-state index < -0.39 is 0 Å². The Hall–Kier alpha value is -2.21. The molecule has 0 saturated carbocycles. The summed E-state index contributed by atoms with van der Waals surface area (Å²) in [6.07, 6.45) is 0.833. The van der Waals surface area contributed by atoms with E-state index in [2.05, 4.69) is 24.9 Å².